The minimum atomic E-state index is 0.333. The van der Waals surface area contributed by atoms with Gasteiger partial charge in [-0.3, -0.25) is 0 Å². The zero-order valence-corrected chi connectivity index (χ0v) is 6.81. The molecule has 58 valence electrons. The molecule has 1 aliphatic rings. The van der Waals surface area contributed by atoms with Gasteiger partial charge in [0.05, 0.1) is 0 Å². The van der Waals surface area contributed by atoms with Gasteiger partial charge in [-0.25, -0.2) is 0 Å². The van der Waals surface area contributed by atoms with E-state index >= 15 is 0 Å². The van der Waals surface area contributed by atoms with E-state index in [-0.39, 0.29) is 0 Å². The van der Waals surface area contributed by atoms with E-state index in [1.165, 1.54) is 0 Å². The molecule has 0 bridgehead atoms. The number of halogens is 1. The van der Waals surface area contributed by atoms with E-state index < -0.39 is 0 Å². The summed E-state index contributed by atoms with van der Waals surface area (Å²) >= 11 is 5.68. The van der Waals surface area contributed by atoms with Crippen LogP contribution in [0.4, 0.5) is 0 Å². The van der Waals surface area contributed by atoms with Gasteiger partial charge in [0.2, 0.25) is 0 Å². The van der Waals surface area contributed by atoms with Crippen molar-refractivity contribution in [3.05, 3.63) is 0 Å². The van der Waals surface area contributed by atoms with E-state index in [2.05, 4.69) is 0 Å². The Kier molecular flexibility index (Phi) is 3.20. The third-order valence-electron chi connectivity index (χ3n) is 2.30. The second kappa shape index (κ2) is 3.97. The van der Waals surface area contributed by atoms with E-state index in [1.54, 1.807) is 0 Å². The third-order valence-corrected chi connectivity index (χ3v) is 2.74. The number of hydrogen-bond donors (Lipinski definition) is 0. The number of alkyl halides is 1. The fraction of sp³-hybridized carbons (Fsp3) is 0.875. The van der Waals surface area contributed by atoms with Crippen LogP contribution in [-0.4, -0.2) is 12.2 Å². The molecule has 0 spiro atoms. The molecule has 0 atom stereocenters. The molecule has 1 nitrogen and oxygen atoms in total. The van der Waals surface area contributed by atoms with Crippen LogP contribution in [0.3, 0.4) is 0 Å². The van der Waals surface area contributed by atoms with Crippen LogP contribution in [0, 0.1) is 11.8 Å². The topological polar surface area (TPSA) is 17.1 Å². The van der Waals surface area contributed by atoms with E-state index in [0.29, 0.717) is 11.8 Å². The Balaban J connectivity index is 2.23. The molecule has 0 heterocycles. The summed E-state index contributed by atoms with van der Waals surface area (Å²) in [5.74, 6) is 1.78. The molecule has 0 unspecified atom stereocenters. The molecule has 0 aromatic carbocycles. The van der Waals surface area contributed by atoms with Gasteiger partial charge < -0.3 is 4.79 Å². The summed E-state index contributed by atoms with van der Waals surface area (Å²) in [6.07, 6.45) is 5.49. The van der Waals surface area contributed by atoms with E-state index in [1.807, 2.05) is 0 Å². The van der Waals surface area contributed by atoms with Crippen LogP contribution < -0.4 is 0 Å². The second-order valence-electron chi connectivity index (χ2n) is 3.07. The van der Waals surface area contributed by atoms with Crippen LogP contribution in [0.15, 0.2) is 0 Å². The zero-order valence-electron chi connectivity index (χ0n) is 6.05. The maximum absolute atomic E-state index is 10.3. The summed E-state index contributed by atoms with van der Waals surface area (Å²) in [4.78, 5) is 10.3. The molecule has 1 aliphatic carbocycles. The van der Waals surface area contributed by atoms with Crippen molar-refractivity contribution in [2.75, 3.05) is 5.88 Å². The Bertz CT molecular complexity index is 106. The van der Waals surface area contributed by atoms with Crippen molar-refractivity contribution in [2.45, 2.75) is 25.7 Å². The first-order valence-corrected chi connectivity index (χ1v) is 4.41. The van der Waals surface area contributed by atoms with Crippen LogP contribution >= 0.6 is 11.6 Å². The SMILES string of the molecule is O=CC1CCC(CCl)CC1. The predicted octanol–water partition coefficient (Wildman–Crippen LogP) is 2.23. The first kappa shape index (κ1) is 8.06. The van der Waals surface area contributed by atoms with Crippen LogP contribution in [0.1, 0.15) is 25.7 Å². The molecule has 0 amide bonds. The lowest BCUT2D eigenvalue weighted by Gasteiger charge is -2.23. The van der Waals surface area contributed by atoms with Crippen LogP contribution in [0.2, 0.25) is 0 Å². The zero-order chi connectivity index (χ0) is 7.40. The molecule has 1 rings (SSSR count). The van der Waals surface area contributed by atoms with Gasteiger partial charge in [-0.1, -0.05) is 0 Å². The maximum Gasteiger partial charge on any atom is 0.123 e. The number of rotatable bonds is 2. The molecule has 0 aromatic rings. The molecule has 1 saturated carbocycles. The molecule has 2 heteroatoms. The van der Waals surface area contributed by atoms with Crippen molar-refractivity contribution in [1.82, 2.24) is 0 Å². The Morgan fingerprint density at radius 3 is 2.30 bits per heavy atom. The Morgan fingerprint density at radius 1 is 1.30 bits per heavy atom. The third kappa shape index (κ3) is 1.98. The summed E-state index contributed by atoms with van der Waals surface area (Å²) in [6, 6.07) is 0. The highest BCUT2D eigenvalue weighted by Crippen LogP contribution is 2.27. The van der Waals surface area contributed by atoms with Crippen LogP contribution in [-0.2, 0) is 4.79 Å². The van der Waals surface area contributed by atoms with Gasteiger partial charge in [-0.05, 0) is 31.6 Å². The van der Waals surface area contributed by atoms with Gasteiger partial charge in [-0.15, -0.1) is 11.6 Å². The average molecular weight is 161 g/mol. The standard InChI is InChI=1S/C8H13ClO/c9-5-7-1-3-8(6-10)4-2-7/h6-8H,1-5H2. The van der Waals surface area contributed by atoms with Crippen molar-refractivity contribution in [3.8, 4) is 0 Å². The van der Waals surface area contributed by atoms with Crippen LogP contribution in [0.25, 0.3) is 0 Å². The Hall–Kier alpha value is -0.0400. The van der Waals surface area contributed by atoms with Gasteiger partial charge in [0, 0.05) is 11.8 Å². The molecule has 0 radical (unpaired) electrons. The normalized spacial score (nSPS) is 33.7. The number of carbonyl (C=O) groups excluding carboxylic acids is 1. The summed E-state index contributed by atoms with van der Waals surface area (Å²) in [5, 5.41) is 0. The Morgan fingerprint density at radius 2 is 1.90 bits per heavy atom. The lowest BCUT2D eigenvalue weighted by Crippen LogP contribution is -2.16. The first-order chi connectivity index (χ1) is 4.86. The minimum Gasteiger partial charge on any atom is -0.303 e. The molecule has 0 saturated heterocycles. The minimum absolute atomic E-state index is 0.333. The molecular formula is C8H13ClO. The number of aldehydes is 1. The highest BCUT2D eigenvalue weighted by Gasteiger charge is 2.19. The predicted molar refractivity (Wildman–Crippen MR) is 42.2 cm³/mol. The van der Waals surface area contributed by atoms with Crippen molar-refractivity contribution in [1.29, 1.82) is 0 Å². The van der Waals surface area contributed by atoms with E-state index in [4.69, 9.17) is 11.6 Å². The van der Waals surface area contributed by atoms with Gasteiger partial charge in [0.15, 0.2) is 0 Å². The van der Waals surface area contributed by atoms with E-state index in [9.17, 15) is 4.79 Å². The number of carbonyl (C=O) groups is 1. The summed E-state index contributed by atoms with van der Waals surface area (Å²) in [5.41, 5.74) is 0. The monoisotopic (exact) mass is 160 g/mol. The van der Waals surface area contributed by atoms with Crippen LogP contribution in [0.5, 0.6) is 0 Å². The first-order valence-electron chi connectivity index (χ1n) is 3.88. The molecule has 0 aliphatic heterocycles. The lowest BCUT2D eigenvalue weighted by molar-refractivity contribution is -0.112. The van der Waals surface area contributed by atoms with Crippen molar-refractivity contribution < 1.29 is 4.79 Å². The second-order valence-corrected chi connectivity index (χ2v) is 3.38. The Labute approximate surface area is 66.8 Å². The van der Waals surface area contributed by atoms with Gasteiger partial charge in [0.1, 0.15) is 6.29 Å². The van der Waals surface area contributed by atoms with Gasteiger partial charge in [0.25, 0.3) is 0 Å². The largest absolute Gasteiger partial charge is 0.303 e. The van der Waals surface area contributed by atoms with Crippen molar-refractivity contribution in [2.24, 2.45) is 11.8 Å². The fourth-order valence-corrected chi connectivity index (χ4v) is 1.79. The molecule has 0 N–H and O–H groups in total. The molecule has 0 aromatic heterocycles. The molecule has 10 heavy (non-hydrogen) atoms. The highest BCUT2D eigenvalue weighted by atomic mass is 35.5. The fourth-order valence-electron chi connectivity index (χ4n) is 1.48. The summed E-state index contributed by atoms with van der Waals surface area (Å²) in [6.45, 7) is 0. The highest BCUT2D eigenvalue weighted by molar-refractivity contribution is 6.18. The quantitative estimate of drug-likeness (QED) is 0.447. The van der Waals surface area contributed by atoms with E-state index in [0.717, 1.165) is 37.8 Å². The smallest absolute Gasteiger partial charge is 0.123 e. The molecule has 1 fully saturated rings. The maximum atomic E-state index is 10.3. The summed E-state index contributed by atoms with van der Waals surface area (Å²) < 4.78 is 0. The van der Waals surface area contributed by atoms with Crippen molar-refractivity contribution >= 4 is 17.9 Å². The van der Waals surface area contributed by atoms with Gasteiger partial charge >= 0.3 is 0 Å². The molecular weight excluding hydrogens is 148 g/mol. The summed E-state index contributed by atoms with van der Waals surface area (Å²) in [7, 11) is 0. The van der Waals surface area contributed by atoms with Gasteiger partial charge in [-0.2, -0.15) is 0 Å². The number of hydrogen-bond acceptors (Lipinski definition) is 1. The van der Waals surface area contributed by atoms with Crippen molar-refractivity contribution in [3.63, 3.8) is 0 Å². The lowest BCUT2D eigenvalue weighted by atomic mass is 9.84. The average Bonchev–Trinajstić information content (AvgIpc) is 2.05.